The van der Waals surface area contributed by atoms with Crippen molar-refractivity contribution in [3.05, 3.63) is 105 Å². The summed E-state index contributed by atoms with van der Waals surface area (Å²) in [6.07, 6.45) is -11.6. The lowest BCUT2D eigenvalue weighted by atomic mass is 10.1. The molecule has 20 heteroatoms. The summed E-state index contributed by atoms with van der Waals surface area (Å²) >= 11 is 12.6. The van der Waals surface area contributed by atoms with Crippen LogP contribution < -0.4 is 29.5 Å². The summed E-state index contributed by atoms with van der Waals surface area (Å²) < 4.78 is 93.8. The Kier molecular flexibility index (Phi) is 12.2. The van der Waals surface area contributed by atoms with E-state index in [1.54, 1.807) is 36.4 Å². The molecule has 1 N–H and O–H groups in total. The average Bonchev–Trinajstić information content (AvgIpc) is 3.24. The summed E-state index contributed by atoms with van der Waals surface area (Å²) in [4.78, 5) is 42.1. The second-order valence-electron chi connectivity index (χ2n) is 15.2. The second kappa shape index (κ2) is 17.5. The van der Waals surface area contributed by atoms with Crippen LogP contribution >= 0.6 is 23.2 Å². The number of fused-ring (bicyclic) bond motifs is 2. The maximum atomic E-state index is 15.3. The van der Waals surface area contributed by atoms with E-state index in [0.717, 1.165) is 51.4 Å². The van der Waals surface area contributed by atoms with Crippen molar-refractivity contribution in [3.8, 4) is 11.5 Å². The van der Waals surface area contributed by atoms with Crippen LogP contribution in [-0.2, 0) is 17.1 Å². The fourth-order valence-corrected chi connectivity index (χ4v) is 7.80. The van der Waals surface area contributed by atoms with Crippen LogP contribution in [0.1, 0.15) is 22.5 Å². The first-order valence-electron chi connectivity index (χ1n) is 19.8. The van der Waals surface area contributed by atoms with E-state index >= 15 is 4.79 Å². The monoisotopic (exact) mass is 913 g/mol. The van der Waals surface area contributed by atoms with Crippen molar-refractivity contribution in [2.24, 2.45) is 0 Å². The van der Waals surface area contributed by atoms with Gasteiger partial charge in [-0.2, -0.15) is 26.3 Å². The van der Waals surface area contributed by atoms with Crippen molar-refractivity contribution < 1.29 is 40.6 Å². The van der Waals surface area contributed by atoms with Crippen molar-refractivity contribution in [3.63, 3.8) is 0 Å². The summed E-state index contributed by atoms with van der Waals surface area (Å²) in [7, 11) is 2.05. The lowest BCUT2D eigenvalue weighted by Gasteiger charge is -2.32. The zero-order chi connectivity index (χ0) is 44.8. The van der Waals surface area contributed by atoms with E-state index < -0.39 is 57.2 Å². The minimum Gasteiger partial charge on any atom is -0.445 e. The molecule has 4 aromatic carbocycles. The molecule has 0 unspecified atom stereocenters. The molecule has 330 valence electrons. The smallest absolute Gasteiger partial charge is 0.416 e. The van der Waals surface area contributed by atoms with Crippen molar-refractivity contribution in [2.45, 2.75) is 32.5 Å². The molecule has 1 amide bonds. The van der Waals surface area contributed by atoms with Crippen LogP contribution in [0.15, 0.2) is 72.8 Å². The van der Waals surface area contributed by atoms with Gasteiger partial charge in [-0.25, -0.2) is 19.9 Å². The number of alkyl halides is 6. The summed E-state index contributed by atoms with van der Waals surface area (Å²) in [5.41, 5.74) is 0.745. The number of hydrogen-bond acceptors (Lipinski definition) is 11. The molecule has 12 nitrogen and oxygen atoms in total. The van der Waals surface area contributed by atoms with E-state index in [9.17, 15) is 26.3 Å². The lowest BCUT2D eigenvalue weighted by molar-refractivity contribution is -0.138. The molecule has 2 fully saturated rings. The van der Waals surface area contributed by atoms with Gasteiger partial charge < -0.3 is 29.5 Å². The molecule has 8 rings (SSSR count). The second-order valence-corrected chi connectivity index (χ2v) is 16.0. The summed E-state index contributed by atoms with van der Waals surface area (Å²) in [6, 6.07) is 14.6. The van der Waals surface area contributed by atoms with E-state index in [2.05, 4.69) is 20.0 Å². The number of likely N-dealkylation sites (N-methyl/N-ethyl adjacent to an activating group) is 1. The minimum atomic E-state index is -4.76. The third-order valence-electron chi connectivity index (χ3n) is 10.8. The van der Waals surface area contributed by atoms with Gasteiger partial charge in [-0.15, -0.1) is 0 Å². The van der Waals surface area contributed by atoms with Crippen molar-refractivity contribution >= 4 is 74.2 Å². The van der Waals surface area contributed by atoms with Crippen LogP contribution in [0, 0.1) is 13.8 Å². The fourth-order valence-electron chi connectivity index (χ4n) is 7.35. The van der Waals surface area contributed by atoms with Crippen molar-refractivity contribution in [1.29, 1.82) is 0 Å². The van der Waals surface area contributed by atoms with Crippen LogP contribution in [0.25, 0.3) is 21.8 Å². The number of carbonyl (C=O) groups excluding carboxylic acids is 1. The number of ether oxygens (including phenoxy) is 2. The number of benzene rings is 4. The predicted molar refractivity (Wildman–Crippen MR) is 228 cm³/mol. The van der Waals surface area contributed by atoms with Gasteiger partial charge in [-0.1, -0.05) is 23.2 Å². The molecule has 63 heavy (non-hydrogen) atoms. The summed E-state index contributed by atoms with van der Waals surface area (Å²) in [5.74, 6) is -0.652. The van der Waals surface area contributed by atoms with Gasteiger partial charge >= 0.3 is 24.5 Å². The number of nitrogens with zero attached hydrogens (tertiary/aromatic N) is 8. The van der Waals surface area contributed by atoms with Gasteiger partial charge in [0.05, 0.1) is 43.6 Å². The Morgan fingerprint density at radius 3 is 1.52 bits per heavy atom. The van der Waals surface area contributed by atoms with E-state index in [0.29, 0.717) is 82.4 Å². The Morgan fingerprint density at radius 1 is 0.651 bits per heavy atom. The molecule has 4 heterocycles. The molecule has 2 aliphatic rings. The lowest BCUT2D eigenvalue weighted by Crippen LogP contribution is -2.45. The van der Waals surface area contributed by atoms with Gasteiger partial charge in [0, 0.05) is 74.5 Å². The predicted octanol–water partition coefficient (Wildman–Crippen LogP) is 8.84. The van der Waals surface area contributed by atoms with Crippen LogP contribution in [-0.4, -0.2) is 96.4 Å². The third kappa shape index (κ3) is 9.49. The highest BCUT2D eigenvalue weighted by molar-refractivity contribution is 6.32. The third-order valence-corrected chi connectivity index (χ3v) is 11.4. The molecule has 0 atom stereocenters. The quantitative estimate of drug-likeness (QED) is 0.111. The molecular formula is C43H39Cl2F6N9O3. The largest absolute Gasteiger partial charge is 0.445 e. The normalized spacial score (nSPS) is 15.4. The van der Waals surface area contributed by atoms with Crippen LogP contribution in [0.3, 0.4) is 0 Å². The number of rotatable bonds is 9. The first-order valence-corrected chi connectivity index (χ1v) is 20.6. The maximum absolute atomic E-state index is 15.3. The molecule has 6 aromatic rings. The molecule has 0 spiro atoms. The zero-order valence-electron chi connectivity index (χ0n) is 34.0. The fraction of sp³-hybridized carbons (Fsp3) is 0.326. The maximum Gasteiger partial charge on any atom is 0.416 e. The molecule has 0 radical (unpaired) electrons. The van der Waals surface area contributed by atoms with Crippen LogP contribution in [0.5, 0.6) is 11.5 Å². The number of amides is 1. The van der Waals surface area contributed by atoms with Crippen molar-refractivity contribution in [2.75, 3.05) is 74.1 Å². The van der Waals surface area contributed by atoms with Gasteiger partial charge in [0.25, 0.3) is 0 Å². The Bertz CT molecular complexity index is 2630. The average molecular weight is 915 g/mol. The molecule has 0 saturated carbocycles. The highest BCUT2D eigenvalue weighted by atomic mass is 35.5. The Morgan fingerprint density at radius 2 is 1.10 bits per heavy atom. The topological polar surface area (TPSA) is 112 Å². The number of aromatic nitrogens is 4. The zero-order valence-corrected chi connectivity index (χ0v) is 35.5. The van der Waals surface area contributed by atoms with Gasteiger partial charge in [0.15, 0.2) is 0 Å². The number of anilines is 4. The van der Waals surface area contributed by atoms with Crippen LogP contribution in [0.2, 0.25) is 10.0 Å². The van der Waals surface area contributed by atoms with E-state index in [1.165, 1.54) is 4.90 Å². The minimum absolute atomic E-state index is 0.260. The highest BCUT2D eigenvalue weighted by Crippen LogP contribution is 2.39. The molecule has 2 aliphatic heterocycles. The van der Waals surface area contributed by atoms with Crippen LogP contribution in [0.4, 0.5) is 49.6 Å². The molecule has 0 bridgehead atoms. The molecular weight excluding hydrogens is 875 g/mol. The van der Waals surface area contributed by atoms with E-state index in [1.807, 2.05) is 20.9 Å². The van der Waals surface area contributed by atoms with E-state index in [-0.39, 0.29) is 11.4 Å². The van der Waals surface area contributed by atoms with Gasteiger partial charge in [-0.3, -0.25) is 9.69 Å². The first-order chi connectivity index (χ1) is 29.9. The Labute approximate surface area is 367 Å². The van der Waals surface area contributed by atoms with E-state index in [4.69, 9.17) is 52.6 Å². The number of piperazine rings is 2. The first kappa shape index (κ1) is 43.9. The Balaban J connectivity index is 1.25. The number of carbonyl (C=O) groups is 1. The molecule has 2 aromatic heterocycles. The number of halogens is 8. The number of aryl methyl sites for hydroxylation is 2. The molecule has 0 aliphatic carbocycles. The summed E-state index contributed by atoms with van der Waals surface area (Å²) in [5, 5.41) is 3.45. The van der Waals surface area contributed by atoms with Gasteiger partial charge in [0.2, 0.25) is 11.9 Å². The van der Waals surface area contributed by atoms with Gasteiger partial charge in [0.1, 0.15) is 11.5 Å². The molecule has 2 saturated heterocycles. The number of hydrogen-bond donors (Lipinski definition) is 1. The standard InChI is InChI=1S/C43H39Cl2F6N9O3/c1-24-30-22-28(6-8-34(30)55-40(53-24)58-14-12-52-13-15-58)60(29-7-9-35-31(23-29)25(2)54-41(56-35)59-18-16-57(3)17-19-59)38(61)39(62-36-10-4-26(20-32(36)44)42(46,47)48)63-37-11-5-27(21-33(37)45)43(49,50)51/h4-11,20-23,39,52H,12-19H2,1-3H3. The SMILES string of the molecule is Cc1nc(N2CCNCC2)nc2ccc(N(C(=O)C(Oc3ccc(C(F)(F)F)cc3Cl)Oc3ccc(C(F)(F)F)cc3Cl)c3ccc4nc(N5CCN(C)CC5)nc(C)c4c3)cc12. The number of nitrogens with one attached hydrogen (secondary N) is 1. The van der Waals surface area contributed by atoms with Crippen molar-refractivity contribution in [1.82, 2.24) is 30.2 Å². The Hall–Kier alpha value is -5.69. The van der Waals surface area contributed by atoms with Gasteiger partial charge in [-0.05, 0) is 93.7 Å². The summed E-state index contributed by atoms with van der Waals surface area (Å²) in [6.45, 7) is 9.73. The highest BCUT2D eigenvalue weighted by Gasteiger charge is 2.36.